The summed E-state index contributed by atoms with van der Waals surface area (Å²) in [5.41, 5.74) is 2.47. The third-order valence-electron chi connectivity index (χ3n) is 6.30. The maximum absolute atomic E-state index is 12.9. The van der Waals surface area contributed by atoms with Crippen LogP contribution in [-0.2, 0) is 25.3 Å². The molecule has 31 heavy (non-hydrogen) atoms. The smallest absolute Gasteiger partial charge is 0.332 e. The van der Waals surface area contributed by atoms with Gasteiger partial charge in [-0.3, -0.25) is 18.7 Å². The number of pyridine rings is 1. The molecule has 0 unspecified atom stereocenters. The van der Waals surface area contributed by atoms with Crippen LogP contribution in [0, 0.1) is 0 Å². The first-order chi connectivity index (χ1) is 14.9. The number of likely N-dealkylation sites (tertiary alicyclic amines) is 1. The van der Waals surface area contributed by atoms with Gasteiger partial charge in [0.1, 0.15) is 5.65 Å². The number of aromatic amines is 1. The summed E-state index contributed by atoms with van der Waals surface area (Å²) in [5.74, 6) is 0.171. The highest BCUT2D eigenvalue weighted by molar-refractivity contribution is 5.89. The number of hydrogen-bond donors (Lipinski definition) is 1. The van der Waals surface area contributed by atoms with Crippen LogP contribution >= 0.6 is 0 Å². The number of rotatable bonds is 3. The molecule has 8 nitrogen and oxygen atoms in total. The number of carbonyl (C=O) groups excluding carboxylic acids is 1. The van der Waals surface area contributed by atoms with Crippen molar-refractivity contribution in [1.29, 1.82) is 0 Å². The van der Waals surface area contributed by atoms with Crippen LogP contribution in [0.5, 0.6) is 0 Å². The lowest BCUT2D eigenvalue weighted by Gasteiger charge is -2.17. The molecule has 1 aliphatic rings. The molecule has 5 rings (SSSR count). The second-order valence-electron chi connectivity index (χ2n) is 8.17. The van der Waals surface area contributed by atoms with Crippen molar-refractivity contribution in [2.45, 2.75) is 18.8 Å². The molecule has 158 valence electrons. The average Bonchev–Trinajstić information content (AvgIpc) is 3.44. The fourth-order valence-electron chi connectivity index (χ4n) is 4.48. The van der Waals surface area contributed by atoms with Gasteiger partial charge in [0.15, 0.2) is 0 Å². The molecule has 1 amide bonds. The lowest BCUT2D eigenvalue weighted by Crippen LogP contribution is -2.37. The molecule has 0 aliphatic carbocycles. The van der Waals surface area contributed by atoms with E-state index in [2.05, 4.69) is 9.97 Å². The molecular formula is C23H23N5O3. The Morgan fingerprint density at radius 3 is 2.74 bits per heavy atom. The summed E-state index contributed by atoms with van der Waals surface area (Å²) in [6.07, 6.45) is 3.06. The number of benzene rings is 1. The Balaban J connectivity index is 1.38. The topological polar surface area (TPSA) is 93.0 Å². The Hall–Kier alpha value is -3.68. The molecule has 0 bridgehead atoms. The zero-order valence-electron chi connectivity index (χ0n) is 17.5. The Morgan fingerprint density at radius 1 is 1.10 bits per heavy atom. The first-order valence-corrected chi connectivity index (χ1v) is 10.3. The van der Waals surface area contributed by atoms with Gasteiger partial charge in [-0.15, -0.1) is 0 Å². The van der Waals surface area contributed by atoms with Crippen molar-refractivity contribution < 1.29 is 4.79 Å². The van der Waals surface area contributed by atoms with E-state index in [1.807, 2.05) is 41.4 Å². The van der Waals surface area contributed by atoms with Crippen LogP contribution < -0.4 is 11.2 Å². The van der Waals surface area contributed by atoms with Gasteiger partial charge in [0.25, 0.3) is 5.56 Å². The van der Waals surface area contributed by atoms with Crippen molar-refractivity contribution >= 4 is 27.8 Å². The average molecular weight is 417 g/mol. The predicted octanol–water partition coefficient (Wildman–Crippen LogP) is 1.67. The highest BCUT2D eigenvalue weighted by atomic mass is 16.2. The number of nitrogens with zero attached hydrogens (tertiary/aromatic N) is 4. The van der Waals surface area contributed by atoms with E-state index in [0.717, 1.165) is 33.1 Å². The van der Waals surface area contributed by atoms with Crippen molar-refractivity contribution in [2.24, 2.45) is 14.1 Å². The Kier molecular flexibility index (Phi) is 4.50. The summed E-state index contributed by atoms with van der Waals surface area (Å²) in [7, 11) is 3.08. The molecule has 1 fully saturated rings. The lowest BCUT2D eigenvalue weighted by molar-refractivity contribution is -0.129. The Morgan fingerprint density at radius 2 is 1.90 bits per heavy atom. The molecule has 1 aliphatic heterocycles. The van der Waals surface area contributed by atoms with Crippen molar-refractivity contribution in [3.05, 3.63) is 74.7 Å². The number of amides is 1. The number of hydrogen-bond acceptors (Lipinski definition) is 4. The molecule has 0 saturated carbocycles. The van der Waals surface area contributed by atoms with Crippen LogP contribution in [-0.4, -0.2) is 43.0 Å². The van der Waals surface area contributed by atoms with Gasteiger partial charge in [-0.1, -0.05) is 18.2 Å². The van der Waals surface area contributed by atoms with E-state index in [4.69, 9.17) is 0 Å². The van der Waals surface area contributed by atoms with Crippen molar-refractivity contribution in [3.63, 3.8) is 0 Å². The van der Waals surface area contributed by atoms with E-state index in [1.165, 1.54) is 11.6 Å². The van der Waals surface area contributed by atoms with Gasteiger partial charge in [-0.2, -0.15) is 0 Å². The highest BCUT2D eigenvalue weighted by Crippen LogP contribution is 2.28. The molecule has 1 aromatic carbocycles. The summed E-state index contributed by atoms with van der Waals surface area (Å²) < 4.78 is 2.49. The molecule has 4 heterocycles. The van der Waals surface area contributed by atoms with Gasteiger partial charge >= 0.3 is 5.69 Å². The number of nitrogens with one attached hydrogen (secondary N) is 1. The minimum absolute atomic E-state index is 0.0791. The lowest BCUT2D eigenvalue weighted by atomic mass is 10.0. The van der Waals surface area contributed by atoms with Gasteiger partial charge in [-0.05, 0) is 30.2 Å². The normalized spacial score (nSPS) is 16.5. The van der Waals surface area contributed by atoms with Crippen LogP contribution in [0.2, 0.25) is 0 Å². The largest absolute Gasteiger partial charge is 0.361 e. The van der Waals surface area contributed by atoms with E-state index in [0.29, 0.717) is 30.5 Å². The molecule has 0 spiro atoms. The monoisotopic (exact) mass is 417 g/mol. The maximum Gasteiger partial charge on any atom is 0.332 e. The van der Waals surface area contributed by atoms with Crippen LogP contribution in [0.15, 0.2) is 52.2 Å². The first kappa shape index (κ1) is 19.3. The molecule has 3 aromatic heterocycles. The third kappa shape index (κ3) is 3.15. The fourth-order valence-corrected chi connectivity index (χ4v) is 4.48. The number of para-hydroxylation sites is 1. The number of carbonyl (C=O) groups is 1. The van der Waals surface area contributed by atoms with E-state index in [1.54, 1.807) is 13.1 Å². The van der Waals surface area contributed by atoms with Crippen molar-refractivity contribution in [2.75, 3.05) is 13.1 Å². The zero-order chi connectivity index (χ0) is 21.7. The molecule has 1 saturated heterocycles. The minimum atomic E-state index is -0.399. The molecular weight excluding hydrogens is 394 g/mol. The van der Waals surface area contributed by atoms with Gasteiger partial charge in [0.2, 0.25) is 5.91 Å². The highest BCUT2D eigenvalue weighted by Gasteiger charge is 2.29. The number of aryl methyl sites for hydroxylation is 1. The van der Waals surface area contributed by atoms with Crippen LogP contribution in [0.1, 0.15) is 23.6 Å². The standard InChI is InChI=1S/C23H23N5O3/c1-26-21-17(22(30)27(2)23(26)31)7-8-18(25-21)14-9-10-28(13-14)20(29)11-15-12-24-19-6-4-3-5-16(15)19/h3-8,12,14,24H,9-11,13H2,1-2H3/t14-/m1/s1. The van der Waals surface area contributed by atoms with Crippen LogP contribution in [0.3, 0.4) is 0 Å². The summed E-state index contributed by atoms with van der Waals surface area (Å²) in [5, 5.41) is 1.49. The van der Waals surface area contributed by atoms with Crippen molar-refractivity contribution in [1.82, 2.24) is 24.0 Å². The van der Waals surface area contributed by atoms with Crippen molar-refractivity contribution in [3.8, 4) is 0 Å². The SMILES string of the molecule is Cn1c(=O)c2ccc([C@@H]3CCN(C(=O)Cc4c[nH]c5ccccc45)C3)nc2n(C)c1=O. The van der Waals surface area contributed by atoms with Crippen LogP contribution in [0.25, 0.3) is 21.9 Å². The number of fused-ring (bicyclic) bond motifs is 2. The fraction of sp³-hybridized carbons (Fsp3) is 0.304. The van der Waals surface area contributed by atoms with E-state index < -0.39 is 5.69 Å². The first-order valence-electron chi connectivity index (χ1n) is 10.3. The molecule has 8 heteroatoms. The molecule has 1 atom stereocenters. The minimum Gasteiger partial charge on any atom is -0.361 e. The third-order valence-corrected chi connectivity index (χ3v) is 6.30. The summed E-state index contributed by atoms with van der Waals surface area (Å²) in [6.45, 7) is 1.25. The quantitative estimate of drug-likeness (QED) is 0.549. The number of H-pyrrole nitrogens is 1. The predicted molar refractivity (Wildman–Crippen MR) is 118 cm³/mol. The maximum atomic E-state index is 12.9. The molecule has 4 aromatic rings. The Labute approximate surface area is 177 Å². The molecule has 0 radical (unpaired) electrons. The Bertz CT molecular complexity index is 1450. The summed E-state index contributed by atoms with van der Waals surface area (Å²) in [4.78, 5) is 47.3. The van der Waals surface area contributed by atoms with Gasteiger partial charge < -0.3 is 9.88 Å². The number of aromatic nitrogens is 4. The second-order valence-corrected chi connectivity index (χ2v) is 8.17. The molecule has 1 N–H and O–H groups in total. The van der Waals surface area contributed by atoms with Gasteiger partial charge in [-0.25, -0.2) is 9.78 Å². The van der Waals surface area contributed by atoms with E-state index in [9.17, 15) is 14.4 Å². The van der Waals surface area contributed by atoms with Gasteiger partial charge in [0, 0.05) is 55.9 Å². The van der Waals surface area contributed by atoms with Crippen LogP contribution in [0.4, 0.5) is 0 Å². The van der Waals surface area contributed by atoms with E-state index >= 15 is 0 Å². The second kappa shape index (κ2) is 7.23. The van der Waals surface area contributed by atoms with Gasteiger partial charge in [0.05, 0.1) is 11.8 Å². The zero-order valence-corrected chi connectivity index (χ0v) is 17.5. The van der Waals surface area contributed by atoms with E-state index in [-0.39, 0.29) is 17.4 Å². The summed E-state index contributed by atoms with van der Waals surface area (Å²) in [6, 6.07) is 11.5. The summed E-state index contributed by atoms with van der Waals surface area (Å²) >= 11 is 0.